The number of carbonyl (C=O) groups is 2. The molecule has 0 heterocycles. The van der Waals surface area contributed by atoms with E-state index in [4.69, 9.17) is 9.47 Å². The Morgan fingerprint density at radius 1 is 1.11 bits per heavy atom. The number of aromatic carboxylic acids is 1. The molecular formula is C18H18N2O7. The van der Waals surface area contributed by atoms with E-state index < -0.39 is 22.6 Å². The van der Waals surface area contributed by atoms with Crippen molar-refractivity contribution in [1.29, 1.82) is 0 Å². The predicted octanol–water partition coefficient (Wildman–Crippen LogP) is 4.43. The molecule has 0 bridgehead atoms. The maximum atomic E-state index is 11.7. The summed E-state index contributed by atoms with van der Waals surface area (Å²) in [4.78, 5) is 33.1. The van der Waals surface area contributed by atoms with E-state index in [1.54, 1.807) is 32.9 Å². The van der Waals surface area contributed by atoms with Gasteiger partial charge in [-0.05, 0) is 51.1 Å². The van der Waals surface area contributed by atoms with E-state index in [9.17, 15) is 24.8 Å². The third kappa shape index (κ3) is 5.70. The molecule has 0 saturated carbocycles. The van der Waals surface area contributed by atoms with Crippen LogP contribution in [-0.4, -0.2) is 27.7 Å². The average Bonchev–Trinajstić information content (AvgIpc) is 2.54. The van der Waals surface area contributed by atoms with Crippen LogP contribution in [-0.2, 0) is 4.74 Å². The van der Waals surface area contributed by atoms with E-state index in [0.29, 0.717) is 11.4 Å². The number of nitrogens with one attached hydrogen (secondary N) is 1. The van der Waals surface area contributed by atoms with Crippen molar-refractivity contribution in [3.8, 4) is 11.5 Å². The first-order valence-corrected chi connectivity index (χ1v) is 7.85. The van der Waals surface area contributed by atoms with Gasteiger partial charge in [0.2, 0.25) is 0 Å². The van der Waals surface area contributed by atoms with E-state index in [1.807, 2.05) is 0 Å². The fraction of sp³-hybridized carbons (Fsp3) is 0.222. The third-order valence-electron chi connectivity index (χ3n) is 3.13. The van der Waals surface area contributed by atoms with E-state index in [-0.39, 0.29) is 17.0 Å². The van der Waals surface area contributed by atoms with E-state index >= 15 is 0 Å². The van der Waals surface area contributed by atoms with Gasteiger partial charge in [0, 0.05) is 17.8 Å². The molecule has 2 aromatic rings. The molecule has 0 aromatic heterocycles. The molecule has 2 rings (SSSR count). The highest BCUT2D eigenvalue weighted by Crippen LogP contribution is 2.29. The van der Waals surface area contributed by atoms with Crippen LogP contribution < -0.4 is 10.1 Å². The van der Waals surface area contributed by atoms with Gasteiger partial charge in [-0.25, -0.2) is 9.59 Å². The standard InChI is InChI=1S/C18H18N2O7/c1-18(2,3)27-17(23)19-11-4-7-13(8-5-11)26-15-9-6-12(20(24)25)10-14(15)16(21)22/h4-10H,1-3H3,(H,19,23)(H,21,22). The molecule has 0 atom stereocenters. The number of hydrogen-bond acceptors (Lipinski definition) is 6. The Bertz CT molecular complexity index is 870. The summed E-state index contributed by atoms with van der Waals surface area (Å²) in [7, 11) is 0. The first-order valence-electron chi connectivity index (χ1n) is 7.85. The Morgan fingerprint density at radius 2 is 1.74 bits per heavy atom. The number of amides is 1. The molecule has 2 N–H and O–H groups in total. The number of non-ortho nitro benzene ring substituents is 1. The lowest BCUT2D eigenvalue weighted by atomic mass is 10.2. The van der Waals surface area contributed by atoms with Crippen LogP contribution in [0.5, 0.6) is 11.5 Å². The number of carboxylic acids is 1. The van der Waals surface area contributed by atoms with Gasteiger partial charge in [0.1, 0.15) is 22.7 Å². The van der Waals surface area contributed by atoms with Gasteiger partial charge in [-0.3, -0.25) is 15.4 Å². The van der Waals surface area contributed by atoms with E-state index in [1.165, 1.54) is 18.2 Å². The fourth-order valence-corrected chi connectivity index (χ4v) is 2.04. The lowest BCUT2D eigenvalue weighted by Gasteiger charge is -2.19. The molecule has 0 fully saturated rings. The maximum absolute atomic E-state index is 11.7. The fourth-order valence-electron chi connectivity index (χ4n) is 2.04. The van der Waals surface area contributed by atoms with Gasteiger partial charge in [0.05, 0.1) is 4.92 Å². The second kappa shape index (κ2) is 7.73. The van der Waals surface area contributed by atoms with Crippen molar-refractivity contribution in [2.45, 2.75) is 26.4 Å². The Hall–Kier alpha value is -3.62. The Balaban J connectivity index is 2.14. The molecule has 9 nitrogen and oxygen atoms in total. The molecule has 1 amide bonds. The van der Waals surface area contributed by atoms with Gasteiger partial charge in [-0.15, -0.1) is 0 Å². The second-order valence-electron chi connectivity index (χ2n) is 6.50. The number of nitro groups is 1. The highest BCUT2D eigenvalue weighted by atomic mass is 16.6. The van der Waals surface area contributed by atoms with Crippen molar-refractivity contribution >= 4 is 23.4 Å². The average molecular weight is 374 g/mol. The molecule has 0 spiro atoms. The topological polar surface area (TPSA) is 128 Å². The zero-order chi connectivity index (χ0) is 20.2. The van der Waals surface area contributed by atoms with Crippen molar-refractivity contribution in [2.24, 2.45) is 0 Å². The Morgan fingerprint density at radius 3 is 2.26 bits per heavy atom. The molecule has 0 saturated heterocycles. The van der Waals surface area contributed by atoms with Crippen LogP contribution in [0.2, 0.25) is 0 Å². The Kier molecular flexibility index (Phi) is 5.64. The van der Waals surface area contributed by atoms with Crippen molar-refractivity contribution in [3.05, 3.63) is 58.1 Å². The van der Waals surface area contributed by atoms with Gasteiger partial charge in [0.15, 0.2) is 0 Å². The van der Waals surface area contributed by atoms with Crippen LogP contribution in [0.3, 0.4) is 0 Å². The smallest absolute Gasteiger partial charge is 0.412 e. The van der Waals surface area contributed by atoms with Crippen molar-refractivity contribution < 1.29 is 29.1 Å². The molecule has 0 unspecified atom stereocenters. The number of benzene rings is 2. The molecule has 9 heteroatoms. The van der Waals surface area contributed by atoms with Gasteiger partial charge in [-0.2, -0.15) is 0 Å². The second-order valence-corrected chi connectivity index (χ2v) is 6.50. The first kappa shape index (κ1) is 19.7. The van der Waals surface area contributed by atoms with Gasteiger partial charge < -0.3 is 14.6 Å². The zero-order valence-electron chi connectivity index (χ0n) is 14.9. The predicted molar refractivity (Wildman–Crippen MR) is 96.4 cm³/mol. The molecule has 0 aliphatic rings. The van der Waals surface area contributed by atoms with Gasteiger partial charge in [0.25, 0.3) is 5.69 Å². The monoisotopic (exact) mass is 374 g/mol. The molecular weight excluding hydrogens is 356 g/mol. The SMILES string of the molecule is CC(C)(C)OC(=O)Nc1ccc(Oc2ccc([N+](=O)[O-])cc2C(=O)O)cc1. The highest BCUT2D eigenvalue weighted by Gasteiger charge is 2.18. The van der Waals surface area contributed by atoms with Crippen LogP contribution in [0, 0.1) is 10.1 Å². The van der Waals surface area contributed by atoms with Crippen LogP contribution in [0.1, 0.15) is 31.1 Å². The zero-order valence-corrected chi connectivity index (χ0v) is 14.9. The van der Waals surface area contributed by atoms with Gasteiger partial charge >= 0.3 is 12.1 Å². The summed E-state index contributed by atoms with van der Waals surface area (Å²) < 4.78 is 10.6. The van der Waals surface area contributed by atoms with Crippen molar-refractivity contribution in [1.82, 2.24) is 0 Å². The summed E-state index contributed by atoms with van der Waals surface area (Å²) in [6.07, 6.45) is -0.611. The number of carboxylic acid groups (broad SMARTS) is 1. The lowest BCUT2D eigenvalue weighted by Crippen LogP contribution is -2.27. The normalized spacial score (nSPS) is 10.8. The van der Waals surface area contributed by atoms with E-state index in [2.05, 4.69) is 5.32 Å². The number of anilines is 1. The number of ether oxygens (including phenoxy) is 2. The molecule has 0 radical (unpaired) electrons. The van der Waals surface area contributed by atoms with E-state index in [0.717, 1.165) is 12.1 Å². The summed E-state index contributed by atoms with van der Waals surface area (Å²) >= 11 is 0. The molecule has 142 valence electrons. The minimum Gasteiger partial charge on any atom is -0.478 e. The molecule has 27 heavy (non-hydrogen) atoms. The quantitative estimate of drug-likeness (QED) is 0.585. The summed E-state index contributed by atoms with van der Waals surface area (Å²) in [5, 5.41) is 22.6. The summed E-state index contributed by atoms with van der Waals surface area (Å²) in [5.41, 5.74) is -0.855. The van der Waals surface area contributed by atoms with Crippen molar-refractivity contribution in [3.63, 3.8) is 0 Å². The van der Waals surface area contributed by atoms with Crippen LogP contribution >= 0.6 is 0 Å². The number of rotatable bonds is 5. The highest BCUT2D eigenvalue weighted by molar-refractivity contribution is 5.92. The number of hydrogen-bond donors (Lipinski definition) is 2. The van der Waals surface area contributed by atoms with Crippen LogP contribution in [0.4, 0.5) is 16.2 Å². The molecule has 0 aliphatic carbocycles. The molecule has 0 aliphatic heterocycles. The molecule has 2 aromatic carbocycles. The van der Waals surface area contributed by atoms with Crippen LogP contribution in [0.25, 0.3) is 0 Å². The summed E-state index contributed by atoms with van der Waals surface area (Å²) in [5.74, 6) is -1.10. The maximum Gasteiger partial charge on any atom is 0.412 e. The third-order valence-corrected chi connectivity index (χ3v) is 3.13. The largest absolute Gasteiger partial charge is 0.478 e. The summed E-state index contributed by atoms with van der Waals surface area (Å²) in [6.45, 7) is 5.23. The minimum absolute atomic E-state index is 0.0408. The minimum atomic E-state index is -1.35. The van der Waals surface area contributed by atoms with Crippen LogP contribution in [0.15, 0.2) is 42.5 Å². The van der Waals surface area contributed by atoms with Crippen molar-refractivity contribution in [2.75, 3.05) is 5.32 Å². The first-order chi connectivity index (χ1) is 12.5. The lowest BCUT2D eigenvalue weighted by molar-refractivity contribution is -0.384. The van der Waals surface area contributed by atoms with Gasteiger partial charge in [-0.1, -0.05) is 0 Å². The number of nitrogens with zero attached hydrogens (tertiary/aromatic N) is 1. The summed E-state index contributed by atoms with van der Waals surface area (Å²) in [6, 6.07) is 9.42. The number of nitro benzene ring substituents is 1. The number of carbonyl (C=O) groups excluding carboxylic acids is 1. The Labute approximate surface area is 154 Å².